The number of rotatable bonds is 3. The number of thioether (sulfide) groups is 1. The van der Waals surface area contributed by atoms with Crippen LogP contribution in [-0.2, 0) is 12.2 Å². The molecule has 0 saturated carbocycles. The molecule has 1 aromatic carbocycles. The van der Waals surface area contributed by atoms with Gasteiger partial charge in [-0.2, -0.15) is 0 Å². The van der Waals surface area contributed by atoms with Crippen LogP contribution in [0.5, 0.6) is 5.75 Å². The zero-order valence-electron chi connectivity index (χ0n) is 10.1. The maximum absolute atomic E-state index is 5.85. The molecule has 4 nitrogen and oxygen atoms in total. The minimum absolute atomic E-state index is 0.373. The van der Waals surface area contributed by atoms with Crippen molar-refractivity contribution in [3.05, 3.63) is 40.5 Å². The Balaban J connectivity index is 1.72. The topological polar surface area (TPSA) is 61.0 Å². The number of nitrogens with zero attached hydrogens (tertiary/aromatic N) is 2. The Morgan fingerprint density at radius 2 is 2.21 bits per heavy atom. The summed E-state index contributed by atoms with van der Waals surface area (Å²) in [7, 11) is 0. The number of ether oxygens (including phenoxy) is 1. The second kappa shape index (κ2) is 5.27. The highest BCUT2D eigenvalue weighted by Crippen LogP contribution is 2.28. The first-order valence-electron chi connectivity index (χ1n) is 5.88. The zero-order valence-corrected chi connectivity index (χ0v) is 11.7. The zero-order chi connectivity index (χ0) is 13.2. The second-order valence-electron chi connectivity index (χ2n) is 4.23. The molecular weight excluding hydrogens is 282 g/mol. The van der Waals surface area contributed by atoms with E-state index in [9.17, 15) is 0 Å². The van der Waals surface area contributed by atoms with Crippen molar-refractivity contribution >= 4 is 29.2 Å². The third-order valence-corrected chi connectivity index (χ3v) is 3.93. The van der Waals surface area contributed by atoms with Gasteiger partial charge in [0, 0.05) is 18.2 Å². The van der Waals surface area contributed by atoms with E-state index in [0.717, 1.165) is 24.5 Å². The summed E-state index contributed by atoms with van der Waals surface area (Å²) in [5.41, 5.74) is 8.12. The van der Waals surface area contributed by atoms with Gasteiger partial charge in [-0.1, -0.05) is 35.5 Å². The van der Waals surface area contributed by atoms with E-state index in [1.807, 2.05) is 6.07 Å². The SMILES string of the molecule is Nc1cc(Cl)nc(SCc2ccc3c(c2)CCO3)n1. The molecule has 6 heteroatoms. The molecule has 3 rings (SSSR count). The number of anilines is 1. The van der Waals surface area contributed by atoms with Gasteiger partial charge in [0.05, 0.1) is 6.61 Å². The predicted molar refractivity (Wildman–Crippen MR) is 76.7 cm³/mol. The summed E-state index contributed by atoms with van der Waals surface area (Å²) in [6.07, 6.45) is 0.981. The van der Waals surface area contributed by atoms with Crippen molar-refractivity contribution in [3.63, 3.8) is 0 Å². The lowest BCUT2D eigenvalue weighted by atomic mass is 10.1. The third kappa shape index (κ3) is 2.93. The summed E-state index contributed by atoms with van der Waals surface area (Å²) in [6.45, 7) is 0.778. The van der Waals surface area contributed by atoms with E-state index in [1.165, 1.54) is 22.9 Å². The highest BCUT2D eigenvalue weighted by Gasteiger charge is 2.12. The molecule has 1 aromatic heterocycles. The molecule has 0 atom stereocenters. The van der Waals surface area contributed by atoms with Crippen LogP contribution in [0.3, 0.4) is 0 Å². The highest BCUT2D eigenvalue weighted by atomic mass is 35.5. The van der Waals surface area contributed by atoms with E-state index in [0.29, 0.717) is 16.1 Å². The van der Waals surface area contributed by atoms with Crippen molar-refractivity contribution in [3.8, 4) is 5.75 Å². The number of nitrogen functional groups attached to an aromatic ring is 1. The molecule has 1 aliphatic heterocycles. The van der Waals surface area contributed by atoms with Crippen LogP contribution in [0.2, 0.25) is 5.15 Å². The van der Waals surface area contributed by atoms with Crippen LogP contribution in [-0.4, -0.2) is 16.6 Å². The summed E-state index contributed by atoms with van der Waals surface area (Å²) in [4.78, 5) is 8.28. The molecule has 2 heterocycles. The first-order chi connectivity index (χ1) is 9.20. The first-order valence-corrected chi connectivity index (χ1v) is 7.24. The first kappa shape index (κ1) is 12.6. The normalized spacial score (nSPS) is 13.1. The minimum atomic E-state index is 0.373. The average molecular weight is 294 g/mol. The van der Waals surface area contributed by atoms with Crippen LogP contribution in [0.4, 0.5) is 5.82 Å². The molecule has 2 aromatic rings. The Morgan fingerprint density at radius 3 is 3.05 bits per heavy atom. The van der Waals surface area contributed by atoms with Crippen molar-refractivity contribution in [1.29, 1.82) is 0 Å². The van der Waals surface area contributed by atoms with E-state index >= 15 is 0 Å². The molecule has 0 amide bonds. The Hall–Kier alpha value is -1.46. The largest absolute Gasteiger partial charge is 0.493 e. The second-order valence-corrected chi connectivity index (χ2v) is 5.56. The van der Waals surface area contributed by atoms with E-state index in [-0.39, 0.29) is 0 Å². The van der Waals surface area contributed by atoms with Crippen molar-refractivity contribution in [2.45, 2.75) is 17.3 Å². The van der Waals surface area contributed by atoms with Gasteiger partial charge in [-0.3, -0.25) is 0 Å². The van der Waals surface area contributed by atoms with Crippen molar-refractivity contribution < 1.29 is 4.74 Å². The fraction of sp³-hybridized carbons (Fsp3) is 0.231. The molecule has 0 spiro atoms. The average Bonchev–Trinajstić information content (AvgIpc) is 2.82. The van der Waals surface area contributed by atoms with Crippen molar-refractivity contribution in [2.75, 3.05) is 12.3 Å². The monoisotopic (exact) mass is 293 g/mol. The van der Waals surface area contributed by atoms with Crippen LogP contribution < -0.4 is 10.5 Å². The molecule has 0 aliphatic carbocycles. The van der Waals surface area contributed by atoms with Crippen LogP contribution in [0.15, 0.2) is 29.4 Å². The highest BCUT2D eigenvalue weighted by molar-refractivity contribution is 7.98. The molecule has 2 N–H and O–H groups in total. The number of fused-ring (bicyclic) bond motifs is 1. The smallest absolute Gasteiger partial charge is 0.191 e. The molecule has 0 bridgehead atoms. The van der Waals surface area contributed by atoms with Crippen LogP contribution in [0.1, 0.15) is 11.1 Å². The molecule has 1 aliphatic rings. The standard InChI is InChI=1S/C13H12ClN3OS/c14-11-6-12(15)17-13(16-11)19-7-8-1-2-10-9(5-8)3-4-18-10/h1-2,5-6H,3-4,7H2,(H2,15,16,17). The molecule has 0 radical (unpaired) electrons. The lowest BCUT2D eigenvalue weighted by molar-refractivity contribution is 0.357. The predicted octanol–water partition coefficient (Wildman–Crippen LogP) is 2.94. The lowest BCUT2D eigenvalue weighted by Crippen LogP contribution is -1.95. The molecule has 0 unspecified atom stereocenters. The Morgan fingerprint density at radius 1 is 1.32 bits per heavy atom. The molecule has 0 fully saturated rings. The number of nitrogens with two attached hydrogens (primary N) is 1. The summed E-state index contributed by atoms with van der Waals surface area (Å²) in [5, 5.41) is 0.971. The summed E-state index contributed by atoms with van der Waals surface area (Å²) in [5.74, 6) is 2.18. The number of benzene rings is 1. The van der Waals surface area contributed by atoms with Gasteiger partial charge in [0.1, 0.15) is 16.7 Å². The van der Waals surface area contributed by atoms with Gasteiger partial charge in [-0.05, 0) is 17.2 Å². The quantitative estimate of drug-likeness (QED) is 0.535. The van der Waals surface area contributed by atoms with Crippen LogP contribution in [0, 0.1) is 0 Å². The van der Waals surface area contributed by atoms with Gasteiger partial charge >= 0.3 is 0 Å². The Kier molecular flexibility index (Phi) is 3.48. The number of halogens is 1. The van der Waals surface area contributed by atoms with E-state index in [2.05, 4.69) is 22.1 Å². The van der Waals surface area contributed by atoms with E-state index < -0.39 is 0 Å². The summed E-state index contributed by atoms with van der Waals surface area (Å²) >= 11 is 7.37. The van der Waals surface area contributed by atoms with E-state index in [4.69, 9.17) is 22.1 Å². The lowest BCUT2D eigenvalue weighted by Gasteiger charge is -2.04. The molecular formula is C13H12ClN3OS. The third-order valence-electron chi connectivity index (χ3n) is 2.82. The Bertz CT molecular complexity index is 601. The molecule has 19 heavy (non-hydrogen) atoms. The fourth-order valence-electron chi connectivity index (χ4n) is 1.96. The van der Waals surface area contributed by atoms with Gasteiger partial charge in [0.25, 0.3) is 0 Å². The van der Waals surface area contributed by atoms with Crippen molar-refractivity contribution in [2.24, 2.45) is 0 Å². The summed E-state index contributed by atoms with van der Waals surface area (Å²) in [6, 6.07) is 7.79. The van der Waals surface area contributed by atoms with Gasteiger partial charge in [-0.15, -0.1) is 0 Å². The Labute approximate surface area is 120 Å². The molecule has 98 valence electrons. The van der Waals surface area contributed by atoms with Gasteiger partial charge in [0.2, 0.25) is 0 Å². The maximum Gasteiger partial charge on any atom is 0.191 e. The van der Waals surface area contributed by atoms with E-state index in [1.54, 1.807) is 6.07 Å². The fourth-order valence-corrected chi connectivity index (χ4v) is 3.01. The van der Waals surface area contributed by atoms with Crippen LogP contribution in [0.25, 0.3) is 0 Å². The van der Waals surface area contributed by atoms with Crippen LogP contribution >= 0.6 is 23.4 Å². The molecule has 0 saturated heterocycles. The number of aromatic nitrogens is 2. The van der Waals surface area contributed by atoms with Crippen molar-refractivity contribution in [1.82, 2.24) is 9.97 Å². The minimum Gasteiger partial charge on any atom is -0.493 e. The summed E-state index contributed by atoms with van der Waals surface area (Å²) < 4.78 is 5.48. The number of hydrogen-bond donors (Lipinski definition) is 1. The number of hydrogen-bond acceptors (Lipinski definition) is 5. The maximum atomic E-state index is 5.85. The van der Waals surface area contributed by atoms with Gasteiger partial charge in [-0.25, -0.2) is 9.97 Å². The van der Waals surface area contributed by atoms with Gasteiger partial charge in [0.15, 0.2) is 5.16 Å². The van der Waals surface area contributed by atoms with Gasteiger partial charge < -0.3 is 10.5 Å².